The van der Waals surface area contributed by atoms with E-state index in [4.69, 9.17) is 28.4 Å². The molecule has 2 bridgehead atoms. The van der Waals surface area contributed by atoms with Crippen molar-refractivity contribution in [3.8, 4) is 0 Å². The smallest absolute Gasteiger partial charge is 0.329 e. The average molecular weight is 1290 g/mol. The van der Waals surface area contributed by atoms with Gasteiger partial charge in [0.2, 0.25) is 11.7 Å². The Morgan fingerprint density at radius 3 is 2.16 bits per heavy atom. The first-order valence-corrected chi connectivity index (χ1v) is 34.3. The maximum Gasteiger partial charge on any atom is 0.329 e. The molecule has 20 nitrogen and oxygen atoms in total. The number of cyclic esters (lactones) is 1. The van der Waals surface area contributed by atoms with Crippen LogP contribution in [0.25, 0.3) is 0 Å². The maximum absolute atomic E-state index is 14.7. The van der Waals surface area contributed by atoms with Gasteiger partial charge in [0.25, 0.3) is 23.5 Å². The van der Waals surface area contributed by atoms with Crippen LogP contribution in [-0.4, -0.2) is 175 Å². The summed E-state index contributed by atoms with van der Waals surface area (Å²) < 4.78 is 36.5. The molecule has 15 atom stereocenters. The van der Waals surface area contributed by atoms with E-state index in [-0.39, 0.29) is 96.3 Å². The van der Waals surface area contributed by atoms with E-state index in [2.05, 4.69) is 5.32 Å². The van der Waals surface area contributed by atoms with Crippen molar-refractivity contribution in [1.29, 1.82) is 0 Å². The number of carbonyl (C=O) groups excluding carboxylic acids is 9. The number of amides is 4. The minimum atomic E-state index is -2.46. The van der Waals surface area contributed by atoms with Crippen molar-refractivity contribution in [3.05, 3.63) is 59.8 Å². The lowest BCUT2D eigenvalue weighted by Gasteiger charge is -2.42. The molecule has 4 heterocycles. The van der Waals surface area contributed by atoms with Crippen LogP contribution in [0.15, 0.2) is 59.8 Å². The number of nitrogens with one attached hydrogen (secondary N) is 1. The average Bonchev–Trinajstić information content (AvgIpc) is 1.01. The number of allylic oxidation sites excluding steroid dienone is 6. The van der Waals surface area contributed by atoms with Gasteiger partial charge in [0.1, 0.15) is 35.9 Å². The minimum absolute atomic E-state index is 0.00481. The van der Waals surface area contributed by atoms with Crippen molar-refractivity contribution in [2.24, 2.45) is 47.3 Å². The Morgan fingerprint density at radius 1 is 0.761 bits per heavy atom. The summed E-state index contributed by atoms with van der Waals surface area (Å²) >= 11 is 0. The predicted molar refractivity (Wildman–Crippen MR) is 346 cm³/mol. The zero-order valence-corrected chi connectivity index (χ0v) is 56.7. The fourth-order valence-corrected chi connectivity index (χ4v) is 14.4. The molecule has 4 fully saturated rings. The van der Waals surface area contributed by atoms with Crippen LogP contribution in [0.5, 0.6) is 0 Å². The zero-order chi connectivity index (χ0) is 67.2. The topological polar surface area (TPSA) is 268 Å². The molecular formula is C72H109N3O17. The summed E-state index contributed by atoms with van der Waals surface area (Å²) in [5.41, 5.74) is 1.24. The molecule has 6 aliphatic rings. The van der Waals surface area contributed by atoms with Gasteiger partial charge in [-0.25, -0.2) is 4.79 Å². The first kappa shape index (κ1) is 75.7. The lowest BCUT2D eigenvalue weighted by molar-refractivity contribution is -0.265. The van der Waals surface area contributed by atoms with E-state index in [1.807, 2.05) is 58.1 Å². The summed E-state index contributed by atoms with van der Waals surface area (Å²) in [6.45, 7) is 14.1. The number of ether oxygens (including phenoxy) is 6. The van der Waals surface area contributed by atoms with Gasteiger partial charge in [0, 0.05) is 109 Å². The van der Waals surface area contributed by atoms with Crippen molar-refractivity contribution in [1.82, 2.24) is 15.1 Å². The quantitative estimate of drug-likeness (QED) is 0.0337. The number of rotatable bonds is 20. The summed E-state index contributed by atoms with van der Waals surface area (Å²) in [5.74, 6) is -8.48. The Labute approximate surface area is 546 Å². The molecule has 2 saturated heterocycles. The van der Waals surface area contributed by atoms with Gasteiger partial charge >= 0.3 is 5.97 Å². The van der Waals surface area contributed by atoms with Crippen LogP contribution in [0, 0.1) is 47.3 Å². The summed E-state index contributed by atoms with van der Waals surface area (Å²) in [6, 6.07) is -1.18. The highest BCUT2D eigenvalue weighted by atomic mass is 16.6. The SMILES string of the molecule is CO[C@H]1C[C@@H]2CC[C@@H](C)[C@@](O)(O2)C(=O)C(=O)N2CCCC[C@H]2C(=O)O[C@H]([C@H](C)C[C@@H]2CC[C@@H](OCCCC(=O)CCCCCNC(=O)C3CCC(CN4C(=O)C=CC4=O)CC3)[C@H](OC)C2)CC(=O)[C@H](C)/C=C(\C)[C@@H](O)[C@@H](OC)C(=O)[C@H](C)C[C@H](C)/C=C/C=C/C=C/1C. The highest BCUT2D eigenvalue weighted by Gasteiger charge is 2.53. The fraction of sp³-hybridized carbons (Fsp3) is 0.736. The number of nitrogens with zero attached hydrogens (tertiary/aromatic N) is 2. The van der Waals surface area contributed by atoms with E-state index in [0.29, 0.717) is 102 Å². The van der Waals surface area contributed by atoms with E-state index >= 15 is 0 Å². The number of ketones is 4. The first-order valence-electron chi connectivity index (χ1n) is 34.3. The highest BCUT2D eigenvalue weighted by Crippen LogP contribution is 2.39. The number of methoxy groups -OCH3 is 3. The second kappa shape index (κ2) is 37.1. The second-order valence-electron chi connectivity index (χ2n) is 27.5. The van der Waals surface area contributed by atoms with E-state index in [1.165, 1.54) is 29.1 Å². The number of fused-ring (bicyclic) bond motifs is 3. The molecular weight excluding hydrogens is 1180 g/mol. The number of imide groups is 1. The second-order valence-corrected chi connectivity index (χ2v) is 27.5. The van der Waals surface area contributed by atoms with Crippen molar-refractivity contribution in [2.45, 2.75) is 244 Å². The number of unbranched alkanes of at least 4 members (excludes halogenated alkanes) is 2. The van der Waals surface area contributed by atoms with Crippen molar-refractivity contribution >= 4 is 52.7 Å². The van der Waals surface area contributed by atoms with Crippen LogP contribution in [-0.2, 0) is 71.6 Å². The van der Waals surface area contributed by atoms with Gasteiger partial charge in [-0.3, -0.25) is 43.3 Å². The Morgan fingerprint density at radius 2 is 1.47 bits per heavy atom. The third kappa shape index (κ3) is 21.6. The van der Waals surface area contributed by atoms with Crippen LogP contribution in [0.3, 0.4) is 0 Å². The standard InChI is InChI=1S/C72H109N3O17/c1-45-20-13-11-14-21-46(2)60(87-8)42-56-31-25-51(7)72(86,92-56)68(82)70(84)74-36-18-16-24-57(74)71(85)91-61(43-58(77)47(3)39-50(6)66(81)67(89-10)65(80)49(5)38-45)48(4)40-53-28-32-59(62(41-53)88-9)90-37-19-23-55(76)22-15-12-17-35-73-69(83)54-29-26-52(27-30-54)44-75-63(78)33-34-64(75)79/h11,13-14,20-21,33-34,39,45,47-49,51-54,56-57,59-62,66-67,81,86H,12,15-19,22-32,35-38,40-44H2,1-10H3,(H,73,83)/b14-11+,20-13+,46-21+,50-39+/t45-,47-,48-,49-,51-,52?,53+,54?,56+,57+,59-,60+,61+,62-,66-,67+,72-/m1/s1. The van der Waals surface area contributed by atoms with Gasteiger partial charge in [0.05, 0.1) is 24.4 Å². The molecule has 0 spiro atoms. The molecule has 0 aromatic heterocycles. The number of esters is 1. The van der Waals surface area contributed by atoms with Crippen LogP contribution in [0.2, 0.25) is 0 Å². The number of Topliss-reactive ketones (excluding diaryl/α,β-unsaturated/α-hetero) is 4. The molecule has 3 N–H and O–H groups in total. The van der Waals surface area contributed by atoms with E-state index in [0.717, 1.165) is 56.9 Å². The van der Waals surface area contributed by atoms with E-state index < -0.39 is 77.8 Å². The van der Waals surface area contributed by atoms with E-state index in [9.17, 15) is 53.4 Å². The minimum Gasteiger partial charge on any atom is -0.460 e. The molecule has 2 aliphatic carbocycles. The molecule has 20 heteroatoms. The number of aliphatic hydroxyl groups excluding tert-OH is 1. The molecule has 6 rings (SSSR count). The molecule has 514 valence electrons. The van der Waals surface area contributed by atoms with E-state index in [1.54, 1.807) is 41.1 Å². The number of piperidine rings is 1. The summed E-state index contributed by atoms with van der Waals surface area (Å²) in [4.78, 5) is 124. The highest BCUT2D eigenvalue weighted by molar-refractivity contribution is 6.39. The van der Waals surface area contributed by atoms with Gasteiger partial charge in [-0.1, -0.05) is 77.5 Å². The molecule has 0 unspecified atom stereocenters. The van der Waals surface area contributed by atoms with Crippen LogP contribution in [0.1, 0.15) is 190 Å². The van der Waals surface area contributed by atoms with Crippen molar-refractivity contribution < 1.29 is 81.8 Å². The van der Waals surface area contributed by atoms with Gasteiger partial charge in [-0.05, 0) is 158 Å². The van der Waals surface area contributed by atoms with Crippen molar-refractivity contribution in [3.63, 3.8) is 0 Å². The lowest BCUT2D eigenvalue weighted by Crippen LogP contribution is -2.61. The largest absolute Gasteiger partial charge is 0.460 e. The third-order valence-corrected chi connectivity index (χ3v) is 20.4. The number of hydrogen-bond acceptors (Lipinski definition) is 17. The molecule has 92 heavy (non-hydrogen) atoms. The Hall–Kier alpha value is -5.35. The molecule has 4 aliphatic heterocycles. The monoisotopic (exact) mass is 1290 g/mol. The maximum atomic E-state index is 14.7. The summed E-state index contributed by atoms with van der Waals surface area (Å²) in [6.07, 6.45) is 20.9. The molecule has 0 radical (unpaired) electrons. The first-order chi connectivity index (χ1) is 43.9. The predicted octanol–water partition coefficient (Wildman–Crippen LogP) is 8.96. The summed E-state index contributed by atoms with van der Waals surface area (Å²) in [7, 11) is 4.60. The number of hydrogen-bond donors (Lipinski definition) is 3. The fourth-order valence-electron chi connectivity index (χ4n) is 14.4. The molecule has 0 aromatic carbocycles. The number of aliphatic hydroxyl groups is 2. The van der Waals surface area contributed by atoms with Crippen molar-refractivity contribution in [2.75, 3.05) is 47.6 Å². The van der Waals surface area contributed by atoms with Gasteiger partial charge in [-0.15, -0.1) is 0 Å². The Balaban J connectivity index is 1.06. The van der Waals surface area contributed by atoms with Crippen LogP contribution < -0.4 is 5.32 Å². The van der Waals surface area contributed by atoms with Gasteiger partial charge in [0.15, 0.2) is 5.78 Å². The van der Waals surface area contributed by atoms with Gasteiger partial charge in [-0.2, -0.15) is 0 Å². The Kier molecular flexibility index (Phi) is 30.5. The zero-order valence-electron chi connectivity index (χ0n) is 56.7. The molecule has 2 saturated carbocycles. The summed E-state index contributed by atoms with van der Waals surface area (Å²) in [5, 5.41) is 26.8. The Bertz CT molecular complexity index is 2660. The number of carbonyl (C=O) groups is 9. The third-order valence-electron chi connectivity index (χ3n) is 20.4. The molecule has 4 amide bonds. The van der Waals surface area contributed by atoms with Crippen LogP contribution in [0.4, 0.5) is 0 Å². The lowest BCUT2D eigenvalue weighted by atomic mass is 9.78. The molecule has 0 aromatic rings. The van der Waals surface area contributed by atoms with Gasteiger partial charge < -0.3 is 48.9 Å². The normalized spacial score (nSPS) is 35.3. The van der Waals surface area contributed by atoms with Crippen LogP contribution >= 0.6 is 0 Å².